The number of fused-ring (bicyclic) bond motifs is 7. The van der Waals surface area contributed by atoms with Gasteiger partial charge in [-0.1, -0.05) is 39.3 Å². The topological polar surface area (TPSA) is 276 Å². The highest BCUT2D eigenvalue weighted by atomic mass is 16.8. The number of hydrogen-bond acceptors (Lipinski definition) is 18. The third kappa shape index (κ3) is 7.04. The van der Waals surface area contributed by atoms with Gasteiger partial charge >= 0.3 is 0 Å². The summed E-state index contributed by atoms with van der Waals surface area (Å²) in [5, 5.41) is 108. The minimum absolute atomic E-state index is 0.150. The minimum atomic E-state index is -1.97. The molecule has 18 heteroatoms. The highest BCUT2D eigenvalue weighted by Gasteiger charge is 2.76. The van der Waals surface area contributed by atoms with Gasteiger partial charge in [0.05, 0.1) is 31.5 Å². The summed E-state index contributed by atoms with van der Waals surface area (Å²) in [6, 6.07) is 0. The Morgan fingerprint density at radius 1 is 0.710 bits per heavy atom. The molecule has 354 valence electrons. The first-order valence-corrected chi connectivity index (χ1v) is 23.0. The van der Waals surface area contributed by atoms with Gasteiger partial charge in [-0.25, -0.2) is 0 Å². The second-order valence-electron chi connectivity index (χ2n) is 20.8. The molecule has 0 aromatic carbocycles. The fraction of sp³-hybridized carbons (Fsp3) is 0.955. The standard InChI is InChI=1S/C44H70O18/c1-18-8-13-43(55-17-18)20(3)44(54)27(62-43)15-25-23-7-6-21-14-22(9-11-41(21,4)24(23)10-12-42(25,44)5)57-40-36(60-39-34(52)31(49)32(50)37(53)61-39)35(29(47)26(16-45)58-40)59-38-33(51)30(48)28(46)19(2)56-38/h6,18-20,22-40,45-54H,7-17H2,1-5H3/t18-,19?,20-,22?,23?,24?,25?,26?,27?,28?,29?,30?,31?,32?,33?,34?,35?,36?,37?,38?,39?,40?,41+,42+,43-,44-/m1/s1. The molecule has 5 heterocycles. The first-order chi connectivity index (χ1) is 29.3. The van der Waals surface area contributed by atoms with E-state index in [2.05, 4.69) is 33.8 Å². The quantitative estimate of drug-likeness (QED) is 0.141. The van der Waals surface area contributed by atoms with Gasteiger partial charge in [0.1, 0.15) is 66.6 Å². The zero-order valence-electron chi connectivity index (χ0n) is 36.3. The molecule has 18 nitrogen and oxygen atoms in total. The van der Waals surface area contributed by atoms with E-state index < -0.39 is 116 Å². The molecule has 62 heavy (non-hydrogen) atoms. The van der Waals surface area contributed by atoms with E-state index in [0.717, 1.165) is 44.9 Å². The Hall–Kier alpha value is -0.980. The van der Waals surface area contributed by atoms with Gasteiger partial charge in [-0.15, -0.1) is 0 Å². The highest BCUT2D eigenvalue weighted by molar-refractivity contribution is 5.29. The van der Waals surface area contributed by atoms with Crippen LogP contribution >= 0.6 is 0 Å². The van der Waals surface area contributed by atoms with Crippen LogP contribution in [0.5, 0.6) is 0 Å². The van der Waals surface area contributed by atoms with Gasteiger partial charge in [-0.05, 0) is 87.4 Å². The van der Waals surface area contributed by atoms with Crippen LogP contribution in [-0.4, -0.2) is 180 Å². The Morgan fingerprint density at radius 3 is 2.10 bits per heavy atom. The molecule has 0 bridgehead atoms. The summed E-state index contributed by atoms with van der Waals surface area (Å²) in [5.41, 5.74) is -0.224. The molecular formula is C44H70O18. The van der Waals surface area contributed by atoms with E-state index in [0.29, 0.717) is 37.2 Å². The first-order valence-electron chi connectivity index (χ1n) is 23.0. The summed E-state index contributed by atoms with van der Waals surface area (Å²) in [4.78, 5) is 0. The largest absolute Gasteiger partial charge is 0.394 e. The minimum Gasteiger partial charge on any atom is -0.394 e. The molecule has 10 N–H and O–H groups in total. The van der Waals surface area contributed by atoms with Crippen LogP contribution in [0.3, 0.4) is 0 Å². The van der Waals surface area contributed by atoms with Gasteiger partial charge in [0.2, 0.25) is 0 Å². The Bertz CT molecular complexity index is 1650. The molecule has 3 saturated carbocycles. The molecule has 1 spiro atoms. The fourth-order valence-corrected chi connectivity index (χ4v) is 13.7. The van der Waals surface area contributed by atoms with Crippen molar-refractivity contribution in [3.63, 3.8) is 0 Å². The normalized spacial score (nSPS) is 58.9. The lowest BCUT2D eigenvalue weighted by Gasteiger charge is -2.60. The van der Waals surface area contributed by atoms with Gasteiger partial charge in [0.25, 0.3) is 0 Å². The summed E-state index contributed by atoms with van der Waals surface area (Å²) >= 11 is 0. The van der Waals surface area contributed by atoms with Crippen LogP contribution in [0, 0.1) is 40.4 Å². The molecule has 0 amide bonds. The Kier molecular flexibility index (Phi) is 12.4. The molecule has 9 rings (SSSR count). The summed E-state index contributed by atoms with van der Waals surface area (Å²) < 4.78 is 49.3. The van der Waals surface area contributed by atoms with Gasteiger partial charge in [-0.2, -0.15) is 0 Å². The van der Waals surface area contributed by atoms with Crippen molar-refractivity contribution in [3.8, 4) is 0 Å². The number of aliphatic hydroxyl groups excluding tert-OH is 9. The average Bonchev–Trinajstić information content (AvgIpc) is 3.60. The van der Waals surface area contributed by atoms with Crippen molar-refractivity contribution < 1.29 is 89.0 Å². The van der Waals surface area contributed by atoms with Crippen molar-refractivity contribution in [2.75, 3.05) is 13.2 Å². The fourth-order valence-electron chi connectivity index (χ4n) is 13.7. The maximum Gasteiger partial charge on any atom is 0.189 e. The summed E-state index contributed by atoms with van der Waals surface area (Å²) in [7, 11) is 0. The predicted octanol–water partition coefficient (Wildman–Crippen LogP) is -0.713. The average molecular weight is 887 g/mol. The van der Waals surface area contributed by atoms with Crippen LogP contribution in [0.4, 0.5) is 0 Å². The molecule has 20 unspecified atom stereocenters. The van der Waals surface area contributed by atoms with E-state index in [1.165, 1.54) is 12.5 Å². The van der Waals surface area contributed by atoms with Crippen LogP contribution in [0.2, 0.25) is 0 Å². The molecule has 8 fully saturated rings. The SMILES string of the molecule is CC1OC(OC2C(O)C(CO)OC(OC3CC[C@@]4(C)C(=CCC5C4CC[C@@]4(C)C5CC5O[C@]6(CC[C@@H](C)CO6)[C@@H](C)[C@@]54O)C3)C2OC2OC(O)C(O)C(O)C2O)C(O)C(O)C1O. The zero-order valence-corrected chi connectivity index (χ0v) is 36.3. The molecular weight excluding hydrogens is 816 g/mol. The molecule has 0 aromatic rings. The van der Waals surface area contributed by atoms with E-state index in [1.807, 2.05) is 0 Å². The Morgan fingerprint density at radius 2 is 1.40 bits per heavy atom. The lowest BCUT2D eigenvalue weighted by atomic mass is 9.46. The smallest absolute Gasteiger partial charge is 0.189 e. The van der Waals surface area contributed by atoms with Crippen molar-refractivity contribution in [3.05, 3.63) is 11.6 Å². The van der Waals surface area contributed by atoms with Crippen molar-refractivity contribution in [2.45, 2.75) is 208 Å². The molecule has 5 saturated heterocycles. The van der Waals surface area contributed by atoms with Gasteiger partial charge in [-0.3, -0.25) is 0 Å². The van der Waals surface area contributed by atoms with E-state index in [9.17, 15) is 51.1 Å². The molecule has 0 aromatic heterocycles. The van der Waals surface area contributed by atoms with E-state index >= 15 is 0 Å². The number of hydrogen-bond donors (Lipinski definition) is 10. The summed E-state index contributed by atoms with van der Waals surface area (Å²) in [6.07, 6.45) is -15.8. The van der Waals surface area contributed by atoms with E-state index in [4.69, 9.17) is 37.9 Å². The van der Waals surface area contributed by atoms with Crippen LogP contribution < -0.4 is 0 Å². The number of allylic oxidation sites excluding steroid dienone is 1. The van der Waals surface area contributed by atoms with Crippen molar-refractivity contribution in [1.82, 2.24) is 0 Å². The molecule has 5 aliphatic heterocycles. The zero-order chi connectivity index (χ0) is 44.4. The molecule has 9 aliphatic rings. The van der Waals surface area contributed by atoms with Crippen LogP contribution in [0.1, 0.15) is 92.4 Å². The second kappa shape index (κ2) is 16.7. The highest BCUT2D eigenvalue weighted by Crippen LogP contribution is 2.72. The maximum atomic E-state index is 12.8. The van der Waals surface area contributed by atoms with Crippen LogP contribution in [0.25, 0.3) is 0 Å². The van der Waals surface area contributed by atoms with Crippen LogP contribution in [-0.2, 0) is 37.9 Å². The number of rotatable bonds is 7. The van der Waals surface area contributed by atoms with E-state index in [1.54, 1.807) is 0 Å². The second-order valence-corrected chi connectivity index (χ2v) is 20.8. The summed E-state index contributed by atoms with van der Waals surface area (Å²) in [6.45, 7) is 10.3. The third-order valence-corrected chi connectivity index (χ3v) is 17.6. The monoisotopic (exact) mass is 886 g/mol. The third-order valence-electron chi connectivity index (χ3n) is 17.6. The summed E-state index contributed by atoms with van der Waals surface area (Å²) in [5.74, 6) is 0.562. The van der Waals surface area contributed by atoms with Crippen LogP contribution in [0.15, 0.2) is 11.6 Å². The molecule has 4 aliphatic carbocycles. The lowest BCUT2D eigenvalue weighted by Crippen LogP contribution is -2.67. The maximum absolute atomic E-state index is 12.8. The van der Waals surface area contributed by atoms with Gasteiger partial charge in [0.15, 0.2) is 30.9 Å². The number of aliphatic hydroxyl groups is 10. The number of ether oxygens (including phenoxy) is 8. The van der Waals surface area contributed by atoms with Crippen molar-refractivity contribution >= 4 is 0 Å². The predicted molar refractivity (Wildman–Crippen MR) is 211 cm³/mol. The van der Waals surface area contributed by atoms with Crippen molar-refractivity contribution in [1.29, 1.82) is 0 Å². The Labute approximate surface area is 362 Å². The lowest BCUT2D eigenvalue weighted by molar-refractivity contribution is -0.404. The van der Waals surface area contributed by atoms with E-state index in [-0.39, 0.29) is 28.8 Å². The molecule has 0 radical (unpaired) electrons. The van der Waals surface area contributed by atoms with Gasteiger partial charge in [0, 0.05) is 17.8 Å². The Balaban J connectivity index is 0.945. The molecule has 26 atom stereocenters. The van der Waals surface area contributed by atoms with Crippen molar-refractivity contribution in [2.24, 2.45) is 40.4 Å². The first kappa shape index (κ1) is 46.1. The van der Waals surface area contributed by atoms with Gasteiger partial charge < -0.3 is 89.0 Å².